The number of ketones is 1. The first kappa shape index (κ1) is 19.2. The number of carbonyl (C=O) groups excluding carboxylic acids is 2. The van der Waals surface area contributed by atoms with Gasteiger partial charge in [-0.15, -0.1) is 0 Å². The summed E-state index contributed by atoms with van der Waals surface area (Å²) in [5.74, 6) is -0.559. The minimum absolute atomic E-state index is 0.151. The van der Waals surface area contributed by atoms with E-state index in [4.69, 9.17) is 0 Å². The molecule has 0 radical (unpaired) electrons. The van der Waals surface area contributed by atoms with Gasteiger partial charge in [-0.05, 0) is 56.3 Å². The summed E-state index contributed by atoms with van der Waals surface area (Å²) in [6.07, 6.45) is 2.69. The Balaban J connectivity index is 1.54. The standard InChI is InChI=1S/C23H18N4O3/c1-14-13-15(2)27(26-14)23(30)17-9-7-16(8-10-17)21(28)12-11-20-22(29)25-19-6-4-3-5-18(19)24-20/h3-13H,1-2H3,(H,25,29). The first-order valence-corrected chi connectivity index (χ1v) is 9.32. The molecule has 2 heterocycles. The van der Waals surface area contributed by atoms with Crippen molar-refractivity contribution in [1.29, 1.82) is 0 Å². The lowest BCUT2D eigenvalue weighted by atomic mass is 10.1. The van der Waals surface area contributed by atoms with Crippen LogP contribution in [0.25, 0.3) is 17.1 Å². The Morgan fingerprint density at radius 1 is 1.00 bits per heavy atom. The second kappa shape index (κ2) is 7.71. The number of carbonyl (C=O) groups is 2. The maximum atomic E-state index is 12.6. The van der Waals surface area contributed by atoms with Gasteiger partial charge in [-0.3, -0.25) is 14.4 Å². The number of aromatic nitrogens is 4. The van der Waals surface area contributed by atoms with Gasteiger partial charge in [0.15, 0.2) is 5.78 Å². The van der Waals surface area contributed by atoms with Gasteiger partial charge < -0.3 is 4.98 Å². The number of nitrogens with one attached hydrogen (secondary N) is 1. The van der Waals surface area contributed by atoms with Crippen LogP contribution in [0.5, 0.6) is 0 Å². The van der Waals surface area contributed by atoms with Gasteiger partial charge in [0.05, 0.1) is 16.7 Å². The van der Waals surface area contributed by atoms with Gasteiger partial charge in [0, 0.05) is 16.8 Å². The molecular weight excluding hydrogens is 380 g/mol. The zero-order valence-electron chi connectivity index (χ0n) is 16.4. The summed E-state index contributed by atoms with van der Waals surface area (Å²) in [7, 11) is 0. The highest BCUT2D eigenvalue weighted by Gasteiger charge is 2.13. The highest BCUT2D eigenvalue weighted by Crippen LogP contribution is 2.11. The van der Waals surface area contributed by atoms with Crippen molar-refractivity contribution in [2.75, 3.05) is 0 Å². The molecule has 2 aromatic carbocycles. The molecule has 1 N–H and O–H groups in total. The Hall–Kier alpha value is -4.13. The lowest BCUT2D eigenvalue weighted by molar-refractivity contribution is 0.0941. The van der Waals surface area contributed by atoms with Crippen LogP contribution in [0.1, 0.15) is 37.8 Å². The van der Waals surface area contributed by atoms with Crippen molar-refractivity contribution in [3.05, 3.63) is 99.2 Å². The van der Waals surface area contributed by atoms with E-state index in [1.165, 1.54) is 16.8 Å². The van der Waals surface area contributed by atoms with Crippen LogP contribution < -0.4 is 5.56 Å². The molecule has 0 spiro atoms. The molecule has 2 aromatic heterocycles. The predicted octanol–water partition coefficient (Wildman–Crippen LogP) is 3.32. The number of H-pyrrole nitrogens is 1. The van der Waals surface area contributed by atoms with Crippen LogP contribution in [0.4, 0.5) is 0 Å². The van der Waals surface area contributed by atoms with E-state index in [-0.39, 0.29) is 22.9 Å². The third kappa shape index (κ3) is 3.73. The van der Waals surface area contributed by atoms with Crippen LogP contribution in [0.15, 0.2) is 65.5 Å². The van der Waals surface area contributed by atoms with Crippen LogP contribution in [0, 0.1) is 13.8 Å². The van der Waals surface area contributed by atoms with E-state index >= 15 is 0 Å². The van der Waals surface area contributed by atoms with Gasteiger partial charge >= 0.3 is 0 Å². The molecule has 0 bridgehead atoms. The average Bonchev–Trinajstić information content (AvgIpc) is 3.09. The van der Waals surface area contributed by atoms with E-state index < -0.39 is 0 Å². The lowest BCUT2D eigenvalue weighted by Crippen LogP contribution is -2.15. The summed E-state index contributed by atoms with van der Waals surface area (Å²) in [5.41, 5.74) is 3.37. The third-order valence-corrected chi connectivity index (χ3v) is 4.64. The molecule has 0 amide bonds. The second-order valence-electron chi connectivity index (χ2n) is 6.89. The summed E-state index contributed by atoms with van der Waals surface area (Å²) < 4.78 is 1.34. The summed E-state index contributed by atoms with van der Waals surface area (Å²) in [6.45, 7) is 3.63. The molecule has 4 aromatic rings. The minimum atomic E-state index is -0.372. The van der Waals surface area contributed by atoms with Crippen LogP contribution >= 0.6 is 0 Å². The first-order chi connectivity index (χ1) is 14.4. The van der Waals surface area contributed by atoms with Gasteiger partial charge in [-0.1, -0.05) is 24.3 Å². The highest BCUT2D eigenvalue weighted by atomic mass is 16.2. The quantitative estimate of drug-likeness (QED) is 0.420. The van der Waals surface area contributed by atoms with E-state index in [0.717, 1.165) is 11.4 Å². The molecule has 0 fully saturated rings. The molecular formula is C23H18N4O3. The Morgan fingerprint density at radius 2 is 1.70 bits per heavy atom. The summed E-state index contributed by atoms with van der Waals surface area (Å²) in [5, 5.41) is 4.19. The van der Waals surface area contributed by atoms with Crippen molar-refractivity contribution >= 4 is 28.8 Å². The highest BCUT2D eigenvalue weighted by molar-refractivity contribution is 6.07. The lowest BCUT2D eigenvalue weighted by Gasteiger charge is -2.04. The fourth-order valence-corrected chi connectivity index (χ4v) is 3.14. The van der Waals surface area contributed by atoms with E-state index in [2.05, 4.69) is 15.1 Å². The molecule has 0 atom stereocenters. The SMILES string of the molecule is Cc1cc(C)n(C(=O)c2ccc(C(=O)C=Cc3nc4ccccc4[nH]c3=O)cc2)n1. The molecule has 30 heavy (non-hydrogen) atoms. The number of fused-ring (bicyclic) bond motifs is 1. The van der Waals surface area contributed by atoms with Crippen molar-refractivity contribution in [3.8, 4) is 0 Å². The van der Waals surface area contributed by atoms with Crippen LogP contribution in [-0.2, 0) is 0 Å². The summed E-state index contributed by atoms with van der Waals surface area (Å²) >= 11 is 0. The number of aromatic amines is 1. The van der Waals surface area contributed by atoms with Crippen molar-refractivity contribution in [2.45, 2.75) is 13.8 Å². The largest absolute Gasteiger partial charge is 0.319 e. The molecule has 0 saturated carbocycles. The number of nitrogens with zero attached hydrogens (tertiary/aromatic N) is 3. The van der Waals surface area contributed by atoms with Gasteiger partial charge in [0.1, 0.15) is 5.69 Å². The Labute approximate surface area is 171 Å². The van der Waals surface area contributed by atoms with Crippen molar-refractivity contribution in [2.24, 2.45) is 0 Å². The molecule has 7 heteroatoms. The van der Waals surface area contributed by atoms with E-state index in [9.17, 15) is 14.4 Å². The molecule has 0 aliphatic rings. The third-order valence-electron chi connectivity index (χ3n) is 4.64. The number of hydrogen-bond donors (Lipinski definition) is 1. The van der Waals surface area contributed by atoms with Crippen LogP contribution in [0.2, 0.25) is 0 Å². The zero-order valence-corrected chi connectivity index (χ0v) is 16.4. The predicted molar refractivity (Wildman–Crippen MR) is 114 cm³/mol. The Bertz CT molecular complexity index is 1360. The Morgan fingerprint density at radius 3 is 2.40 bits per heavy atom. The molecule has 0 aliphatic carbocycles. The van der Waals surface area contributed by atoms with E-state index in [1.807, 2.05) is 32.0 Å². The average molecular weight is 398 g/mol. The van der Waals surface area contributed by atoms with Gasteiger partial charge in [-0.2, -0.15) is 5.10 Å². The monoisotopic (exact) mass is 398 g/mol. The van der Waals surface area contributed by atoms with E-state index in [0.29, 0.717) is 22.2 Å². The van der Waals surface area contributed by atoms with Crippen molar-refractivity contribution in [3.63, 3.8) is 0 Å². The summed E-state index contributed by atoms with van der Waals surface area (Å²) in [4.78, 5) is 44.2. The Kier molecular flexibility index (Phi) is 4.93. The van der Waals surface area contributed by atoms with Gasteiger partial charge in [-0.25, -0.2) is 9.67 Å². The molecule has 148 valence electrons. The molecule has 0 saturated heterocycles. The normalized spacial score (nSPS) is 11.3. The topological polar surface area (TPSA) is 97.7 Å². The first-order valence-electron chi connectivity index (χ1n) is 9.32. The van der Waals surface area contributed by atoms with Crippen molar-refractivity contribution < 1.29 is 9.59 Å². The molecule has 0 unspecified atom stereocenters. The van der Waals surface area contributed by atoms with Crippen molar-refractivity contribution in [1.82, 2.24) is 19.7 Å². The number of aryl methyl sites for hydroxylation is 2. The van der Waals surface area contributed by atoms with E-state index in [1.54, 1.807) is 36.4 Å². The molecule has 4 rings (SSSR count). The number of benzene rings is 2. The fraction of sp³-hybridized carbons (Fsp3) is 0.0870. The number of para-hydroxylation sites is 2. The summed E-state index contributed by atoms with van der Waals surface area (Å²) in [6, 6.07) is 15.3. The zero-order chi connectivity index (χ0) is 21.3. The van der Waals surface area contributed by atoms with Crippen LogP contribution in [-0.4, -0.2) is 31.4 Å². The number of rotatable bonds is 4. The fourth-order valence-electron chi connectivity index (χ4n) is 3.14. The second-order valence-corrected chi connectivity index (χ2v) is 6.89. The van der Waals surface area contributed by atoms with Gasteiger partial charge in [0.25, 0.3) is 11.5 Å². The maximum absolute atomic E-state index is 12.6. The minimum Gasteiger partial charge on any atom is -0.319 e. The number of allylic oxidation sites excluding steroid dienone is 1. The van der Waals surface area contributed by atoms with Crippen LogP contribution in [0.3, 0.4) is 0 Å². The molecule has 0 aliphatic heterocycles. The smallest absolute Gasteiger partial charge is 0.278 e. The maximum Gasteiger partial charge on any atom is 0.278 e. The van der Waals surface area contributed by atoms with Gasteiger partial charge in [0.2, 0.25) is 0 Å². The number of hydrogen-bond acceptors (Lipinski definition) is 5. The molecule has 7 nitrogen and oxygen atoms in total.